The van der Waals surface area contributed by atoms with Gasteiger partial charge in [-0.15, -0.1) is 0 Å². The highest BCUT2D eigenvalue weighted by atomic mass is 19.1. The lowest BCUT2D eigenvalue weighted by Gasteiger charge is -2.24. The molecule has 0 radical (unpaired) electrons. The van der Waals surface area contributed by atoms with Gasteiger partial charge in [-0.2, -0.15) is 0 Å². The predicted octanol–water partition coefficient (Wildman–Crippen LogP) is 3.39. The molecule has 0 aliphatic heterocycles. The Bertz CT molecular complexity index is 628. The van der Waals surface area contributed by atoms with Gasteiger partial charge < -0.3 is 10.6 Å². The largest absolute Gasteiger partial charge is 0.397 e. The number of para-hydroxylation sites is 2. The number of benzene rings is 2. The van der Waals surface area contributed by atoms with E-state index in [-0.39, 0.29) is 18.1 Å². The van der Waals surface area contributed by atoms with Crippen LogP contribution in [-0.2, 0) is 11.2 Å². The van der Waals surface area contributed by atoms with Crippen molar-refractivity contribution in [2.45, 2.75) is 19.8 Å². The van der Waals surface area contributed by atoms with Crippen molar-refractivity contribution in [2.75, 3.05) is 17.2 Å². The van der Waals surface area contributed by atoms with Gasteiger partial charge in [0, 0.05) is 6.54 Å². The van der Waals surface area contributed by atoms with Crippen molar-refractivity contribution in [3.8, 4) is 0 Å². The number of hydrogen-bond donors (Lipinski definition) is 1. The number of carbonyl (C=O) groups excluding carboxylic acids is 1. The fourth-order valence-electron chi connectivity index (χ4n) is 2.24. The van der Waals surface area contributed by atoms with E-state index in [4.69, 9.17) is 5.73 Å². The van der Waals surface area contributed by atoms with Crippen LogP contribution in [0.15, 0.2) is 48.5 Å². The van der Waals surface area contributed by atoms with Crippen LogP contribution < -0.4 is 10.6 Å². The molecule has 2 rings (SSSR count). The summed E-state index contributed by atoms with van der Waals surface area (Å²) in [5.74, 6) is -0.511. The van der Waals surface area contributed by atoms with E-state index in [1.807, 2.05) is 25.1 Å². The van der Waals surface area contributed by atoms with E-state index in [0.717, 1.165) is 6.42 Å². The summed E-state index contributed by atoms with van der Waals surface area (Å²) in [5, 5.41) is 0. The zero-order chi connectivity index (χ0) is 15.2. The van der Waals surface area contributed by atoms with E-state index < -0.39 is 0 Å². The summed E-state index contributed by atoms with van der Waals surface area (Å²) < 4.78 is 13.7. The fraction of sp³-hybridized carbons (Fsp3) is 0.235. The summed E-state index contributed by atoms with van der Waals surface area (Å²) in [7, 11) is 0. The van der Waals surface area contributed by atoms with Crippen LogP contribution in [0.25, 0.3) is 0 Å². The monoisotopic (exact) mass is 286 g/mol. The normalized spacial score (nSPS) is 10.4. The summed E-state index contributed by atoms with van der Waals surface area (Å²) >= 11 is 0. The average molecular weight is 286 g/mol. The minimum atomic E-state index is -0.358. The van der Waals surface area contributed by atoms with Crippen LogP contribution in [0.5, 0.6) is 0 Å². The number of hydrogen-bond acceptors (Lipinski definition) is 2. The maximum Gasteiger partial charge on any atom is 0.231 e. The predicted molar refractivity (Wildman–Crippen MR) is 83.6 cm³/mol. The van der Waals surface area contributed by atoms with E-state index in [2.05, 4.69) is 0 Å². The zero-order valence-electron chi connectivity index (χ0n) is 12.1. The number of anilines is 2. The van der Waals surface area contributed by atoms with Crippen molar-refractivity contribution in [1.82, 2.24) is 0 Å². The van der Waals surface area contributed by atoms with Crippen LogP contribution in [0, 0.1) is 5.82 Å². The van der Waals surface area contributed by atoms with Crippen LogP contribution in [0.4, 0.5) is 15.8 Å². The van der Waals surface area contributed by atoms with Crippen molar-refractivity contribution in [3.05, 3.63) is 59.9 Å². The molecule has 0 fully saturated rings. The number of nitrogens with zero attached hydrogens (tertiary/aromatic N) is 1. The van der Waals surface area contributed by atoms with E-state index in [1.165, 1.54) is 6.07 Å². The van der Waals surface area contributed by atoms with Crippen LogP contribution >= 0.6 is 0 Å². The molecule has 3 nitrogen and oxygen atoms in total. The number of amides is 1. The summed E-state index contributed by atoms with van der Waals surface area (Å²) in [4.78, 5) is 14.1. The molecule has 1 amide bonds. The first-order chi connectivity index (χ1) is 10.1. The maximum atomic E-state index is 13.7. The highest BCUT2D eigenvalue weighted by molar-refractivity contribution is 5.97. The number of halogens is 1. The van der Waals surface area contributed by atoms with Crippen molar-refractivity contribution >= 4 is 17.3 Å². The lowest BCUT2D eigenvalue weighted by atomic mass is 10.1. The third-order valence-corrected chi connectivity index (χ3v) is 3.28. The van der Waals surface area contributed by atoms with Gasteiger partial charge in [-0.25, -0.2) is 4.39 Å². The second-order valence-corrected chi connectivity index (χ2v) is 4.87. The Morgan fingerprint density at radius 1 is 1.14 bits per heavy atom. The van der Waals surface area contributed by atoms with E-state index in [9.17, 15) is 9.18 Å². The molecule has 0 unspecified atom stereocenters. The molecule has 2 aromatic carbocycles. The minimum absolute atomic E-state index is 0.0288. The molecule has 4 heteroatoms. The van der Waals surface area contributed by atoms with Crippen molar-refractivity contribution in [3.63, 3.8) is 0 Å². The van der Waals surface area contributed by atoms with Crippen LogP contribution in [-0.4, -0.2) is 12.5 Å². The quantitative estimate of drug-likeness (QED) is 0.856. The van der Waals surface area contributed by atoms with Gasteiger partial charge in [-0.1, -0.05) is 37.3 Å². The van der Waals surface area contributed by atoms with Gasteiger partial charge in [0.15, 0.2) is 0 Å². The highest BCUT2D eigenvalue weighted by Crippen LogP contribution is 2.24. The second-order valence-electron chi connectivity index (χ2n) is 4.87. The van der Waals surface area contributed by atoms with Crippen LogP contribution in [0.1, 0.15) is 18.9 Å². The molecule has 21 heavy (non-hydrogen) atoms. The van der Waals surface area contributed by atoms with Gasteiger partial charge in [-0.05, 0) is 30.2 Å². The van der Waals surface area contributed by atoms with Crippen molar-refractivity contribution < 1.29 is 9.18 Å². The SMILES string of the molecule is CCCN(C(=O)Cc1ccccc1F)c1ccccc1N. The first-order valence-electron chi connectivity index (χ1n) is 7.01. The summed E-state index contributed by atoms with van der Waals surface area (Å²) in [6.07, 6.45) is 0.832. The molecule has 0 spiro atoms. The Morgan fingerprint density at radius 2 is 1.81 bits per heavy atom. The molecular formula is C17H19FN2O. The fourth-order valence-corrected chi connectivity index (χ4v) is 2.24. The lowest BCUT2D eigenvalue weighted by molar-refractivity contribution is -0.118. The summed E-state index contributed by atoms with van der Waals surface area (Å²) in [6, 6.07) is 13.6. The van der Waals surface area contributed by atoms with Gasteiger partial charge in [0.25, 0.3) is 0 Å². The van der Waals surface area contributed by atoms with Gasteiger partial charge in [-0.3, -0.25) is 4.79 Å². The molecule has 0 aliphatic rings. The Labute approximate surface area is 124 Å². The Balaban J connectivity index is 2.25. The zero-order valence-corrected chi connectivity index (χ0v) is 12.1. The minimum Gasteiger partial charge on any atom is -0.397 e. The third kappa shape index (κ3) is 3.60. The summed E-state index contributed by atoms with van der Waals surface area (Å²) in [6.45, 7) is 2.55. The van der Waals surface area contributed by atoms with Crippen molar-refractivity contribution in [2.24, 2.45) is 0 Å². The van der Waals surface area contributed by atoms with E-state index in [1.54, 1.807) is 29.2 Å². The van der Waals surface area contributed by atoms with E-state index in [0.29, 0.717) is 23.5 Å². The topological polar surface area (TPSA) is 46.3 Å². The number of nitrogens with two attached hydrogens (primary N) is 1. The number of nitrogen functional groups attached to an aromatic ring is 1. The highest BCUT2D eigenvalue weighted by Gasteiger charge is 2.18. The molecule has 0 bridgehead atoms. The Morgan fingerprint density at radius 3 is 2.48 bits per heavy atom. The Hall–Kier alpha value is -2.36. The standard InChI is InChI=1S/C17H19FN2O/c1-2-11-20(16-10-6-5-9-15(16)19)17(21)12-13-7-3-4-8-14(13)18/h3-10H,2,11-12,19H2,1H3. The summed E-state index contributed by atoms with van der Waals surface area (Å²) in [5.41, 5.74) is 7.58. The Kier molecular flexibility index (Phi) is 4.93. The van der Waals surface area contributed by atoms with Gasteiger partial charge in [0.05, 0.1) is 17.8 Å². The maximum absolute atomic E-state index is 13.7. The second kappa shape index (κ2) is 6.88. The smallest absolute Gasteiger partial charge is 0.231 e. The van der Waals surface area contributed by atoms with Crippen LogP contribution in [0.2, 0.25) is 0 Å². The van der Waals surface area contributed by atoms with Gasteiger partial charge >= 0.3 is 0 Å². The molecule has 2 N–H and O–H groups in total. The molecule has 0 saturated heterocycles. The third-order valence-electron chi connectivity index (χ3n) is 3.28. The molecule has 0 atom stereocenters. The number of rotatable bonds is 5. The molecule has 110 valence electrons. The molecule has 0 aliphatic carbocycles. The van der Waals surface area contributed by atoms with Crippen LogP contribution in [0.3, 0.4) is 0 Å². The van der Waals surface area contributed by atoms with Crippen molar-refractivity contribution in [1.29, 1.82) is 0 Å². The lowest BCUT2D eigenvalue weighted by Crippen LogP contribution is -2.33. The first-order valence-corrected chi connectivity index (χ1v) is 7.01. The number of carbonyl (C=O) groups is 1. The molecule has 0 aromatic heterocycles. The first kappa shape index (κ1) is 15.0. The average Bonchev–Trinajstić information content (AvgIpc) is 2.48. The van der Waals surface area contributed by atoms with Gasteiger partial charge in [0.1, 0.15) is 5.82 Å². The molecular weight excluding hydrogens is 267 g/mol. The van der Waals surface area contributed by atoms with Gasteiger partial charge in [0.2, 0.25) is 5.91 Å². The molecule has 2 aromatic rings. The molecule has 0 saturated carbocycles. The molecule has 0 heterocycles. The van der Waals surface area contributed by atoms with E-state index >= 15 is 0 Å².